The van der Waals surface area contributed by atoms with Crippen LogP contribution in [-0.2, 0) is 27.8 Å². The summed E-state index contributed by atoms with van der Waals surface area (Å²) in [6.45, 7) is 13.2. The van der Waals surface area contributed by atoms with E-state index < -0.39 is 26.8 Å². The summed E-state index contributed by atoms with van der Waals surface area (Å²) in [6.07, 6.45) is 11.2. The number of fused-ring (bicyclic) bond motifs is 5. The smallest absolute Gasteiger partial charge is 0.264 e. The number of hydrogen-bond donors (Lipinski definition) is 1. The molecule has 2 aromatic rings. The maximum absolute atomic E-state index is 13.6. The molecule has 1 amide bonds. The van der Waals surface area contributed by atoms with Crippen molar-refractivity contribution in [3.05, 3.63) is 70.3 Å². The zero-order chi connectivity index (χ0) is 36.8. The molecule has 5 aliphatic rings. The van der Waals surface area contributed by atoms with E-state index in [-0.39, 0.29) is 5.92 Å². The Labute approximate surface area is 316 Å². The Morgan fingerprint density at radius 3 is 2.58 bits per heavy atom. The molecule has 0 radical (unpaired) electrons. The van der Waals surface area contributed by atoms with Crippen molar-refractivity contribution in [3.63, 3.8) is 0 Å². The first-order valence-corrected chi connectivity index (χ1v) is 21.4. The fourth-order valence-electron chi connectivity index (χ4n) is 9.56. The number of rotatable bonds is 4. The van der Waals surface area contributed by atoms with E-state index in [1.807, 2.05) is 44.4 Å². The van der Waals surface area contributed by atoms with Crippen molar-refractivity contribution in [1.29, 1.82) is 0 Å². The Balaban J connectivity index is 1.25. The average Bonchev–Trinajstić information content (AvgIpc) is 3.69. The largest absolute Gasteiger partial charge is 0.487 e. The SMILES string of the molecule is CO[C@]1(CN2CC3C[C@H]2CN3C(C)C)/C=C/C[C@H](C)[C@@H](C)S(=O)(=O)NC(=O)c2ccc3c(c2)N(CCCCc2cc(Cl)ccc2CO3)C[C@@H]2CC[C@H]21. The van der Waals surface area contributed by atoms with Gasteiger partial charge in [0.2, 0.25) is 10.0 Å². The molecule has 52 heavy (non-hydrogen) atoms. The van der Waals surface area contributed by atoms with Crippen molar-refractivity contribution in [2.75, 3.05) is 44.7 Å². The maximum atomic E-state index is 13.6. The van der Waals surface area contributed by atoms with E-state index in [2.05, 4.69) is 45.4 Å². The summed E-state index contributed by atoms with van der Waals surface area (Å²) < 4.78 is 42.9. The van der Waals surface area contributed by atoms with E-state index in [9.17, 15) is 13.2 Å². The fraction of sp³-hybridized carbons (Fsp3) is 0.634. The van der Waals surface area contributed by atoms with Gasteiger partial charge < -0.3 is 14.4 Å². The second-order valence-corrected chi connectivity index (χ2v) is 18.9. The first kappa shape index (κ1) is 37.7. The van der Waals surface area contributed by atoms with Gasteiger partial charge in [-0.3, -0.25) is 14.6 Å². The number of halogens is 1. The van der Waals surface area contributed by atoms with Crippen molar-refractivity contribution in [3.8, 4) is 5.75 Å². The van der Waals surface area contributed by atoms with E-state index in [4.69, 9.17) is 21.1 Å². The van der Waals surface area contributed by atoms with Gasteiger partial charge in [-0.25, -0.2) is 13.1 Å². The quantitative estimate of drug-likeness (QED) is 0.346. The lowest BCUT2D eigenvalue weighted by Crippen LogP contribution is -2.59. The number of methoxy groups -OCH3 is 1. The van der Waals surface area contributed by atoms with Gasteiger partial charge in [-0.05, 0) is 125 Å². The maximum Gasteiger partial charge on any atom is 0.264 e. The average molecular weight is 753 g/mol. The zero-order valence-electron chi connectivity index (χ0n) is 31.5. The number of nitrogens with one attached hydrogen (secondary N) is 1. The van der Waals surface area contributed by atoms with Crippen LogP contribution in [0.25, 0.3) is 0 Å². The lowest BCUT2D eigenvalue weighted by molar-refractivity contribution is -0.0971. The minimum absolute atomic E-state index is 0.210. The summed E-state index contributed by atoms with van der Waals surface area (Å²) in [7, 11) is -2.08. The lowest BCUT2D eigenvalue weighted by atomic mass is 9.63. The molecule has 11 heteroatoms. The van der Waals surface area contributed by atoms with E-state index >= 15 is 0 Å². The Morgan fingerprint density at radius 2 is 1.87 bits per heavy atom. The minimum atomic E-state index is -3.95. The Bertz CT molecular complexity index is 1770. The number of nitrogens with zero attached hydrogens (tertiary/aromatic N) is 3. The number of ether oxygens (including phenoxy) is 2. The molecular formula is C41H57ClN4O5S. The van der Waals surface area contributed by atoms with Crippen molar-refractivity contribution in [2.24, 2.45) is 17.8 Å². The van der Waals surface area contributed by atoms with Crippen molar-refractivity contribution >= 4 is 33.2 Å². The molecule has 0 aromatic heterocycles. The fourth-order valence-corrected chi connectivity index (χ4v) is 11.0. The predicted molar refractivity (Wildman–Crippen MR) is 208 cm³/mol. The molecule has 4 aliphatic heterocycles. The van der Waals surface area contributed by atoms with Gasteiger partial charge in [0.15, 0.2) is 0 Å². The molecule has 2 aromatic carbocycles. The van der Waals surface area contributed by atoms with Gasteiger partial charge in [0.25, 0.3) is 5.91 Å². The third-order valence-corrected chi connectivity index (χ3v) is 15.2. The Kier molecular flexibility index (Phi) is 11.0. The summed E-state index contributed by atoms with van der Waals surface area (Å²) in [5.74, 6) is 0.515. The third kappa shape index (κ3) is 7.52. The first-order chi connectivity index (χ1) is 24.9. The lowest BCUT2D eigenvalue weighted by Gasteiger charge is -2.52. The number of piperazine rings is 1. The Morgan fingerprint density at radius 1 is 1.04 bits per heavy atom. The van der Waals surface area contributed by atoms with Gasteiger partial charge in [-0.15, -0.1) is 0 Å². The molecule has 7 rings (SSSR count). The molecule has 4 bridgehead atoms. The molecule has 1 unspecified atom stereocenters. The van der Waals surface area contributed by atoms with Crippen LogP contribution in [0.5, 0.6) is 5.75 Å². The van der Waals surface area contributed by atoms with E-state index in [1.165, 1.54) is 12.0 Å². The number of carbonyl (C=O) groups excluding carboxylic acids is 1. The van der Waals surface area contributed by atoms with Crippen LogP contribution in [0.15, 0.2) is 48.6 Å². The van der Waals surface area contributed by atoms with Crippen LogP contribution in [-0.4, -0.2) is 92.9 Å². The highest BCUT2D eigenvalue weighted by Crippen LogP contribution is 2.48. The van der Waals surface area contributed by atoms with Crippen LogP contribution in [0.3, 0.4) is 0 Å². The molecular weight excluding hydrogens is 696 g/mol. The molecule has 1 saturated carbocycles. The topological polar surface area (TPSA) is 91.4 Å². The van der Waals surface area contributed by atoms with Gasteiger partial charge in [0.05, 0.1) is 10.9 Å². The van der Waals surface area contributed by atoms with Gasteiger partial charge in [-0.2, -0.15) is 0 Å². The summed E-state index contributed by atoms with van der Waals surface area (Å²) in [5, 5.41) is -0.0490. The van der Waals surface area contributed by atoms with E-state index in [0.29, 0.717) is 54.3 Å². The summed E-state index contributed by atoms with van der Waals surface area (Å²) in [5.41, 5.74) is 2.92. The van der Waals surface area contributed by atoms with Crippen molar-refractivity contribution in [2.45, 2.75) is 108 Å². The number of likely N-dealkylation sites (tertiary alicyclic amines) is 2. The molecule has 0 spiro atoms. The highest BCUT2D eigenvalue weighted by Gasteiger charge is 2.52. The monoisotopic (exact) mass is 752 g/mol. The van der Waals surface area contributed by atoms with Crippen LogP contribution >= 0.6 is 11.6 Å². The van der Waals surface area contributed by atoms with E-state index in [0.717, 1.165) is 81.1 Å². The predicted octanol–water partition coefficient (Wildman–Crippen LogP) is 6.68. The molecule has 4 heterocycles. The van der Waals surface area contributed by atoms with Gasteiger partial charge in [-0.1, -0.05) is 36.7 Å². The first-order valence-electron chi connectivity index (χ1n) is 19.4. The van der Waals surface area contributed by atoms with Crippen LogP contribution in [0.1, 0.15) is 87.7 Å². The number of benzene rings is 2. The Hall–Kier alpha value is -2.63. The highest BCUT2D eigenvalue weighted by molar-refractivity contribution is 7.90. The normalized spacial score (nSPS) is 33.3. The molecule has 7 atom stereocenters. The number of aryl methyl sites for hydroxylation is 1. The highest BCUT2D eigenvalue weighted by atomic mass is 35.5. The molecule has 284 valence electrons. The van der Waals surface area contributed by atoms with Crippen molar-refractivity contribution in [1.82, 2.24) is 14.5 Å². The van der Waals surface area contributed by atoms with E-state index in [1.54, 1.807) is 13.0 Å². The second kappa shape index (κ2) is 15.2. The van der Waals surface area contributed by atoms with Gasteiger partial charge in [0, 0.05) is 68.5 Å². The zero-order valence-corrected chi connectivity index (χ0v) is 33.1. The van der Waals surface area contributed by atoms with Crippen LogP contribution in [0.2, 0.25) is 5.02 Å². The number of allylic oxidation sites excluding steroid dienone is 1. The summed E-state index contributed by atoms with van der Waals surface area (Å²) >= 11 is 6.41. The molecule has 1 N–H and O–H groups in total. The van der Waals surface area contributed by atoms with Crippen LogP contribution in [0, 0.1) is 17.8 Å². The number of amides is 1. The molecule has 2 saturated heterocycles. The molecule has 3 fully saturated rings. The van der Waals surface area contributed by atoms with Crippen molar-refractivity contribution < 1.29 is 22.7 Å². The molecule has 1 aliphatic carbocycles. The third-order valence-electron chi connectivity index (χ3n) is 13.1. The standard InChI is InChI=1S/C41H57ClN4O5S/c1-27(2)46-24-35-21-36(46)23-45(35)26-41(50-5)17-8-9-28(3)29(4)52(48,49)43-40(47)31-13-16-39-38(20-31)44(22-32-12-15-37(32)41)18-7-6-10-30-19-34(42)14-11-33(30)25-51-39/h8,11,13-14,16-17,19-20,27-29,32,35-37H,6-7,9-10,12,15,18,21-26H2,1-5H3,(H,43,47)/b17-8+/t28-,29+,32-,35-,36?,37+,41-/m0/s1. The van der Waals surface area contributed by atoms with Gasteiger partial charge in [0.1, 0.15) is 18.0 Å². The number of anilines is 1. The van der Waals surface area contributed by atoms with Crippen LogP contribution in [0.4, 0.5) is 5.69 Å². The number of carbonyl (C=O) groups is 1. The number of hydrogen-bond acceptors (Lipinski definition) is 8. The molecule has 9 nitrogen and oxygen atoms in total. The summed E-state index contributed by atoms with van der Waals surface area (Å²) in [6, 6.07) is 13.0. The van der Waals surface area contributed by atoms with Gasteiger partial charge >= 0.3 is 0 Å². The van der Waals surface area contributed by atoms with Crippen LogP contribution < -0.4 is 14.4 Å². The minimum Gasteiger partial charge on any atom is -0.487 e. The second-order valence-electron chi connectivity index (χ2n) is 16.5. The number of sulfonamides is 1. The summed E-state index contributed by atoms with van der Waals surface area (Å²) in [4.78, 5) is 21.3.